The largest absolute Gasteiger partial charge is 0.454 e. The fourth-order valence-electron chi connectivity index (χ4n) is 3.39. The van der Waals surface area contributed by atoms with Gasteiger partial charge in [0.05, 0.1) is 6.42 Å². The molecule has 0 saturated carbocycles. The molecule has 0 aliphatic carbocycles. The summed E-state index contributed by atoms with van der Waals surface area (Å²) in [6.45, 7) is 0.753. The van der Waals surface area contributed by atoms with Gasteiger partial charge in [0.25, 0.3) is 0 Å². The number of benzene rings is 2. The van der Waals surface area contributed by atoms with Crippen molar-refractivity contribution in [3.8, 4) is 11.5 Å². The van der Waals surface area contributed by atoms with Gasteiger partial charge in [-0.25, -0.2) is 9.37 Å². The number of hydrogen-bond donors (Lipinski definition) is 1. The summed E-state index contributed by atoms with van der Waals surface area (Å²) < 4.78 is 58.1. The van der Waals surface area contributed by atoms with E-state index in [-0.39, 0.29) is 37.0 Å². The Morgan fingerprint density at radius 1 is 1.09 bits per heavy atom. The summed E-state index contributed by atoms with van der Waals surface area (Å²) >= 11 is 0. The Bertz CT molecular complexity index is 1130. The van der Waals surface area contributed by atoms with Gasteiger partial charge < -0.3 is 15.0 Å². The molecule has 9 heteroatoms. The lowest BCUT2D eigenvalue weighted by Crippen LogP contribution is -2.33. The Kier molecular flexibility index (Phi) is 5.98. The first-order valence-corrected chi connectivity index (χ1v) is 9.90. The van der Waals surface area contributed by atoms with Crippen molar-refractivity contribution in [3.63, 3.8) is 0 Å². The van der Waals surface area contributed by atoms with E-state index < -0.39 is 17.7 Å². The fraction of sp³-hybridized carbons (Fsp3) is 0.217. The molecule has 0 spiro atoms. The van der Waals surface area contributed by atoms with Crippen LogP contribution in [0.2, 0.25) is 0 Å². The monoisotopic (exact) mass is 445 g/mol. The average Bonchev–Trinajstić information content (AvgIpc) is 2.97. The van der Waals surface area contributed by atoms with E-state index in [0.717, 1.165) is 6.07 Å². The second-order valence-corrected chi connectivity index (χ2v) is 7.30. The van der Waals surface area contributed by atoms with Crippen LogP contribution in [0.5, 0.6) is 11.5 Å². The highest BCUT2D eigenvalue weighted by Gasteiger charge is 2.33. The predicted molar refractivity (Wildman–Crippen MR) is 110 cm³/mol. The van der Waals surface area contributed by atoms with E-state index in [1.54, 1.807) is 41.3 Å². The van der Waals surface area contributed by atoms with Crippen molar-refractivity contribution in [2.45, 2.75) is 19.1 Å². The van der Waals surface area contributed by atoms with Crippen molar-refractivity contribution in [2.75, 3.05) is 18.4 Å². The minimum absolute atomic E-state index is 0.0673. The Labute approximate surface area is 181 Å². The average molecular weight is 445 g/mol. The molecule has 0 saturated heterocycles. The second kappa shape index (κ2) is 8.86. The maximum atomic E-state index is 13.8. The normalized spacial score (nSPS) is 13.7. The number of nitrogens with zero attached hydrogens (tertiary/aromatic N) is 2. The molecule has 1 aliphatic rings. The zero-order valence-corrected chi connectivity index (χ0v) is 16.8. The number of alkyl halides is 3. The lowest BCUT2D eigenvalue weighted by atomic mass is 10.1. The standard InChI is InChI=1S/C23H19F4N3O2/c24-18-6-1-2-7-19(18)32-17-5-3-4-15(12-17)13-21(31)30-11-10-28-22-16(14-30)8-9-20(29-22)23(25,26)27/h1-9,12H,10-11,13-14H2,(H,28,29). The Morgan fingerprint density at radius 3 is 2.69 bits per heavy atom. The second-order valence-electron chi connectivity index (χ2n) is 7.30. The van der Waals surface area contributed by atoms with Gasteiger partial charge in [-0.05, 0) is 35.9 Å². The number of carbonyl (C=O) groups excluding carboxylic acids is 1. The van der Waals surface area contributed by atoms with Crippen LogP contribution in [0.1, 0.15) is 16.8 Å². The number of ether oxygens (including phenoxy) is 1. The molecular formula is C23H19F4N3O2. The molecule has 2 aromatic carbocycles. The number of amides is 1. The van der Waals surface area contributed by atoms with Crippen molar-refractivity contribution < 1.29 is 27.1 Å². The summed E-state index contributed by atoms with van der Waals surface area (Å²) in [7, 11) is 0. The maximum absolute atomic E-state index is 13.8. The minimum atomic E-state index is -4.53. The van der Waals surface area contributed by atoms with Crippen LogP contribution in [0.4, 0.5) is 23.4 Å². The van der Waals surface area contributed by atoms with E-state index in [1.165, 1.54) is 18.2 Å². The number of rotatable bonds is 4. The van der Waals surface area contributed by atoms with Crippen LogP contribution < -0.4 is 10.1 Å². The zero-order chi connectivity index (χ0) is 22.7. The van der Waals surface area contributed by atoms with Gasteiger partial charge in [-0.1, -0.05) is 30.3 Å². The van der Waals surface area contributed by atoms with Crippen LogP contribution in [0.25, 0.3) is 0 Å². The molecule has 5 nitrogen and oxygen atoms in total. The van der Waals surface area contributed by atoms with Gasteiger partial charge in [0.2, 0.25) is 5.91 Å². The predicted octanol–water partition coefficient (Wildman–Crippen LogP) is 5.03. The summed E-state index contributed by atoms with van der Waals surface area (Å²) in [4.78, 5) is 18.1. The molecule has 1 aromatic heterocycles. The molecule has 1 amide bonds. The van der Waals surface area contributed by atoms with Crippen molar-refractivity contribution in [2.24, 2.45) is 0 Å². The Morgan fingerprint density at radius 2 is 1.91 bits per heavy atom. The van der Waals surface area contributed by atoms with E-state index in [1.807, 2.05) is 0 Å². The highest BCUT2D eigenvalue weighted by Crippen LogP contribution is 2.30. The molecular weight excluding hydrogens is 426 g/mol. The molecule has 0 fully saturated rings. The number of aromatic nitrogens is 1. The summed E-state index contributed by atoms with van der Waals surface area (Å²) in [5, 5.41) is 2.87. The zero-order valence-electron chi connectivity index (χ0n) is 16.8. The third kappa shape index (κ3) is 4.99. The van der Waals surface area contributed by atoms with Crippen molar-refractivity contribution in [3.05, 3.63) is 83.3 Å². The minimum Gasteiger partial charge on any atom is -0.454 e. The fourth-order valence-corrected chi connectivity index (χ4v) is 3.39. The van der Waals surface area contributed by atoms with Crippen LogP contribution in [-0.4, -0.2) is 28.9 Å². The number of hydrogen-bond acceptors (Lipinski definition) is 4. The topological polar surface area (TPSA) is 54.5 Å². The van der Waals surface area contributed by atoms with Crippen LogP contribution >= 0.6 is 0 Å². The van der Waals surface area contributed by atoms with Crippen LogP contribution in [0, 0.1) is 5.82 Å². The van der Waals surface area contributed by atoms with Crippen LogP contribution in [0.15, 0.2) is 60.7 Å². The first-order valence-electron chi connectivity index (χ1n) is 9.90. The van der Waals surface area contributed by atoms with E-state index in [2.05, 4.69) is 10.3 Å². The summed E-state index contributed by atoms with van der Waals surface area (Å²) in [5.74, 6) is -0.0749. The lowest BCUT2D eigenvalue weighted by Gasteiger charge is -2.20. The summed E-state index contributed by atoms with van der Waals surface area (Å²) in [5.41, 5.74) is 0.211. The SMILES string of the molecule is O=C(Cc1cccc(Oc2ccccc2F)c1)N1CCNc2nc(C(F)(F)F)ccc2C1. The first kappa shape index (κ1) is 21.6. The van der Waals surface area contributed by atoms with Gasteiger partial charge in [-0.15, -0.1) is 0 Å². The third-order valence-corrected chi connectivity index (χ3v) is 4.98. The molecule has 166 valence electrons. The molecule has 3 aromatic rings. The van der Waals surface area contributed by atoms with E-state index >= 15 is 0 Å². The van der Waals surface area contributed by atoms with Crippen LogP contribution in [-0.2, 0) is 23.9 Å². The quantitative estimate of drug-likeness (QED) is 0.573. The highest BCUT2D eigenvalue weighted by atomic mass is 19.4. The number of fused-ring (bicyclic) bond motifs is 1. The third-order valence-electron chi connectivity index (χ3n) is 4.98. The Balaban J connectivity index is 1.46. The summed E-state index contributed by atoms with van der Waals surface area (Å²) in [6.07, 6.45) is -4.47. The van der Waals surface area contributed by atoms with Gasteiger partial charge in [-0.3, -0.25) is 4.79 Å². The van der Waals surface area contributed by atoms with E-state index in [9.17, 15) is 22.4 Å². The Hall–Kier alpha value is -3.62. The van der Waals surface area contributed by atoms with Gasteiger partial charge in [0.1, 0.15) is 17.3 Å². The number of nitrogens with one attached hydrogen (secondary N) is 1. The molecule has 2 heterocycles. The van der Waals surface area contributed by atoms with Crippen LogP contribution in [0.3, 0.4) is 0 Å². The lowest BCUT2D eigenvalue weighted by molar-refractivity contribution is -0.141. The number of carbonyl (C=O) groups is 1. The number of para-hydroxylation sites is 1. The van der Waals surface area contributed by atoms with Gasteiger partial charge in [-0.2, -0.15) is 13.2 Å². The van der Waals surface area contributed by atoms with E-state index in [0.29, 0.717) is 23.4 Å². The molecule has 0 unspecified atom stereocenters. The molecule has 4 rings (SSSR count). The number of pyridine rings is 1. The highest BCUT2D eigenvalue weighted by molar-refractivity contribution is 5.79. The summed E-state index contributed by atoms with van der Waals surface area (Å²) in [6, 6.07) is 15.1. The van der Waals surface area contributed by atoms with Gasteiger partial charge in [0.15, 0.2) is 11.6 Å². The van der Waals surface area contributed by atoms with Gasteiger partial charge >= 0.3 is 6.18 Å². The van der Waals surface area contributed by atoms with Crippen molar-refractivity contribution >= 4 is 11.7 Å². The van der Waals surface area contributed by atoms with Crippen molar-refractivity contribution in [1.82, 2.24) is 9.88 Å². The molecule has 0 atom stereocenters. The number of anilines is 1. The molecule has 0 bridgehead atoms. The first-order chi connectivity index (χ1) is 15.3. The van der Waals surface area contributed by atoms with Gasteiger partial charge in [0, 0.05) is 25.2 Å². The maximum Gasteiger partial charge on any atom is 0.433 e. The molecule has 1 aliphatic heterocycles. The molecule has 0 radical (unpaired) electrons. The molecule has 32 heavy (non-hydrogen) atoms. The smallest absolute Gasteiger partial charge is 0.433 e. The molecule has 1 N–H and O–H groups in total. The van der Waals surface area contributed by atoms with Crippen molar-refractivity contribution in [1.29, 1.82) is 0 Å². The number of halogens is 4. The van der Waals surface area contributed by atoms with E-state index in [4.69, 9.17) is 4.74 Å².